The summed E-state index contributed by atoms with van der Waals surface area (Å²) in [6, 6.07) is 8.43. The van der Waals surface area contributed by atoms with E-state index >= 15 is 0 Å². The summed E-state index contributed by atoms with van der Waals surface area (Å²) in [6.45, 7) is 5.58. The van der Waals surface area contributed by atoms with Crippen LogP contribution in [0.1, 0.15) is 26.2 Å². The number of piperidine rings is 1. The molecule has 0 spiro atoms. The van der Waals surface area contributed by atoms with Crippen LogP contribution in [0.2, 0.25) is 0 Å². The van der Waals surface area contributed by atoms with Crippen molar-refractivity contribution in [1.82, 2.24) is 14.7 Å². The lowest BCUT2D eigenvalue weighted by Crippen LogP contribution is -2.60. The first-order valence-corrected chi connectivity index (χ1v) is 9.86. The van der Waals surface area contributed by atoms with Crippen molar-refractivity contribution >= 4 is 11.6 Å². The molecule has 1 aliphatic heterocycles. The molecule has 7 heteroatoms. The fourth-order valence-corrected chi connectivity index (χ4v) is 4.02. The topological polar surface area (TPSA) is 50.6 Å². The maximum absolute atomic E-state index is 14.6. The van der Waals surface area contributed by atoms with Crippen molar-refractivity contribution in [1.29, 1.82) is 0 Å². The number of hydrogen-bond donors (Lipinski definition) is 0. The van der Waals surface area contributed by atoms with E-state index < -0.39 is 5.54 Å². The van der Waals surface area contributed by atoms with Gasteiger partial charge in [0.2, 0.25) is 5.91 Å². The predicted octanol–water partition coefficient (Wildman–Crippen LogP) is 2.95. The Bertz CT molecular complexity index is 758. The monoisotopic (exact) mass is 388 g/mol. The minimum absolute atomic E-state index is 0.0767. The first kappa shape index (κ1) is 20.5. The maximum Gasteiger partial charge on any atom is 0.227 e. The SMILES string of the molecule is CCC(=O)N(c1ccccc1F)C1(COC)CCN(CCn2cccn2)CC1. The van der Waals surface area contributed by atoms with Gasteiger partial charge in [-0.15, -0.1) is 0 Å². The highest BCUT2D eigenvalue weighted by atomic mass is 19.1. The number of methoxy groups -OCH3 is 1. The van der Waals surface area contributed by atoms with E-state index in [-0.39, 0.29) is 11.7 Å². The highest BCUT2D eigenvalue weighted by Gasteiger charge is 2.43. The zero-order valence-electron chi connectivity index (χ0n) is 16.7. The quantitative estimate of drug-likeness (QED) is 0.698. The number of para-hydroxylation sites is 1. The van der Waals surface area contributed by atoms with E-state index in [1.807, 2.05) is 23.9 Å². The van der Waals surface area contributed by atoms with E-state index in [9.17, 15) is 9.18 Å². The molecule has 0 radical (unpaired) electrons. The number of carbonyl (C=O) groups excluding carboxylic acids is 1. The molecule has 6 nitrogen and oxygen atoms in total. The normalized spacial score (nSPS) is 16.8. The molecule has 0 bridgehead atoms. The zero-order valence-corrected chi connectivity index (χ0v) is 16.7. The first-order valence-electron chi connectivity index (χ1n) is 9.86. The van der Waals surface area contributed by atoms with E-state index in [1.54, 1.807) is 36.4 Å². The van der Waals surface area contributed by atoms with Crippen LogP contribution in [0.15, 0.2) is 42.7 Å². The lowest BCUT2D eigenvalue weighted by molar-refractivity contribution is -0.120. The molecule has 0 atom stereocenters. The van der Waals surface area contributed by atoms with E-state index in [0.29, 0.717) is 18.7 Å². The minimum Gasteiger partial charge on any atom is -0.382 e. The van der Waals surface area contributed by atoms with E-state index in [2.05, 4.69) is 10.00 Å². The Morgan fingerprint density at radius 2 is 2.00 bits per heavy atom. The van der Waals surface area contributed by atoms with Gasteiger partial charge in [0.1, 0.15) is 5.82 Å². The number of rotatable bonds is 8. The van der Waals surface area contributed by atoms with Crippen LogP contribution >= 0.6 is 0 Å². The van der Waals surface area contributed by atoms with Gasteiger partial charge in [0.15, 0.2) is 0 Å². The number of carbonyl (C=O) groups is 1. The minimum atomic E-state index is -0.535. The van der Waals surface area contributed by atoms with Gasteiger partial charge in [0.25, 0.3) is 0 Å². The third-order valence-electron chi connectivity index (χ3n) is 5.52. The van der Waals surface area contributed by atoms with Gasteiger partial charge in [-0.2, -0.15) is 5.10 Å². The molecule has 1 aliphatic rings. The van der Waals surface area contributed by atoms with Crippen LogP contribution in [0.5, 0.6) is 0 Å². The van der Waals surface area contributed by atoms with Gasteiger partial charge >= 0.3 is 0 Å². The summed E-state index contributed by atoms with van der Waals surface area (Å²) in [7, 11) is 1.64. The summed E-state index contributed by atoms with van der Waals surface area (Å²) >= 11 is 0. The summed E-state index contributed by atoms with van der Waals surface area (Å²) in [5.41, 5.74) is -0.192. The Kier molecular flexibility index (Phi) is 6.80. The molecule has 152 valence electrons. The van der Waals surface area contributed by atoms with Crippen LogP contribution < -0.4 is 4.90 Å². The Hall–Kier alpha value is -2.25. The van der Waals surface area contributed by atoms with Gasteiger partial charge in [-0.1, -0.05) is 19.1 Å². The fourth-order valence-electron chi connectivity index (χ4n) is 4.02. The molecule has 1 fully saturated rings. The van der Waals surface area contributed by atoms with E-state index in [1.165, 1.54) is 6.07 Å². The summed E-state index contributed by atoms with van der Waals surface area (Å²) in [5, 5.41) is 4.25. The van der Waals surface area contributed by atoms with Crippen molar-refractivity contribution < 1.29 is 13.9 Å². The molecule has 0 N–H and O–H groups in total. The lowest BCUT2D eigenvalue weighted by atomic mass is 9.85. The molecule has 1 aromatic heterocycles. The number of halogens is 1. The van der Waals surface area contributed by atoms with Gasteiger partial charge in [0, 0.05) is 45.6 Å². The number of amides is 1. The number of benzene rings is 1. The molecule has 1 aromatic carbocycles. The number of anilines is 1. The molecule has 1 saturated heterocycles. The summed E-state index contributed by atoms with van der Waals surface area (Å²) in [6.07, 6.45) is 5.53. The van der Waals surface area contributed by atoms with Crippen molar-refractivity contribution in [3.63, 3.8) is 0 Å². The number of aromatic nitrogens is 2. The van der Waals surface area contributed by atoms with Crippen molar-refractivity contribution in [2.75, 3.05) is 38.3 Å². The predicted molar refractivity (Wildman–Crippen MR) is 107 cm³/mol. The molecule has 1 amide bonds. The fraction of sp³-hybridized carbons (Fsp3) is 0.524. The second-order valence-corrected chi connectivity index (χ2v) is 7.30. The molecule has 2 heterocycles. The van der Waals surface area contributed by atoms with Gasteiger partial charge in [-0.25, -0.2) is 4.39 Å². The molecule has 0 unspecified atom stereocenters. The average Bonchev–Trinajstić information content (AvgIpc) is 3.23. The van der Waals surface area contributed by atoms with Crippen LogP contribution in [0.25, 0.3) is 0 Å². The Balaban J connectivity index is 1.78. The largest absolute Gasteiger partial charge is 0.382 e. The molecule has 2 aromatic rings. The molecular weight excluding hydrogens is 359 g/mol. The molecule has 28 heavy (non-hydrogen) atoms. The van der Waals surface area contributed by atoms with Crippen molar-refractivity contribution in [2.45, 2.75) is 38.3 Å². The second-order valence-electron chi connectivity index (χ2n) is 7.30. The number of likely N-dealkylation sites (tertiary alicyclic amines) is 1. The first-order chi connectivity index (χ1) is 13.6. The standard InChI is InChI=1S/C21H29FN4O2/c1-3-20(27)26(19-8-5-4-7-18(19)22)21(17-28-2)9-13-24(14-10-21)15-16-25-12-6-11-23-25/h4-8,11-12H,3,9-10,13-17H2,1-2H3. The second kappa shape index (κ2) is 9.30. The zero-order chi connectivity index (χ0) is 20.0. The van der Waals surface area contributed by atoms with Crippen LogP contribution in [0.3, 0.4) is 0 Å². The van der Waals surface area contributed by atoms with Crippen LogP contribution in [0, 0.1) is 5.82 Å². The summed E-state index contributed by atoms with van der Waals surface area (Å²) in [5.74, 6) is -0.451. The number of nitrogens with zero attached hydrogens (tertiary/aromatic N) is 4. The number of ether oxygens (including phenoxy) is 1. The highest BCUT2D eigenvalue weighted by Crippen LogP contribution is 2.35. The van der Waals surface area contributed by atoms with Crippen LogP contribution in [-0.4, -0.2) is 59.5 Å². The van der Waals surface area contributed by atoms with Crippen molar-refractivity contribution in [3.8, 4) is 0 Å². The Morgan fingerprint density at radius 3 is 2.61 bits per heavy atom. The van der Waals surface area contributed by atoms with E-state index in [4.69, 9.17) is 4.74 Å². The van der Waals surface area contributed by atoms with Gasteiger partial charge in [-0.05, 0) is 31.0 Å². The van der Waals surface area contributed by atoms with Crippen molar-refractivity contribution in [3.05, 3.63) is 48.5 Å². The van der Waals surface area contributed by atoms with Crippen LogP contribution in [-0.2, 0) is 16.1 Å². The molecule has 0 saturated carbocycles. The highest BCUT2D eigenvalue weighted by molar-refractivity contribution is 5.94. The number of hydrogen-bond acceptors (Lipinski definition) is 4. The lowest BCUT2D eigenvalue weighted by Gasteiger charge is -2.48. The van der Waals surface area contributed by atoms with Crippen LogP contribution in [0.4, 0.5) is 10.1 Å². The smallest absolute Gasteiger partial charge is 0.227 e. The summed E-state index contributed by atoms with van der Waals surface area (Å²) in [4.78, 5) is 16.9. The van der Waals surface area contributed by atoms with E-state index in [0.717, 1.165) is 39.0 Å². The molecular formula is C21H29FN4O2. The summed E-state index contributed by atoms with van der Waals surface area (Å²) < 4.78 is 22.0. The Labute approximate surface area is 165 Å². The van der Waals surface area contributed by atoms with Gasteiger partial charge in [0.05, 0.1) is 24.4 Å². The van der Waals surface area contributed by atoms with Crippen molar-refractivity contribution in [2.24, 2.45) is 0 Å². The Morgan fingerprint density at radius 1 is 1.25 bits per heavy atom. The maximum atomic E-state index is 14.6. The molecule has 3 rings (SSSR count). The third-order valence-corrected chi connectivity index (χ3v) is 5.52. The van der Waals surface area contributed by atoms with Gasteiger partial charge in [-0.3, -0.25) is 9.48 Å². The average molecular weight is 388 g/mol. The molecule has 0 aliphatic carbocycles. The van der Waals surface area contributed by atoms with Gasteiger partial charge < -0.3 is 14.5 Å². The third kappa shape index (κ3) is 4.42.